The van der Waals surface area contributed by atoms with Gasteiger partial charge < -0.3 is 26.0 Å². The molecule has 1 saturated carbocycles. The number of carbonyl (C=O) groups excluding carboxylic acids is 3. The Morgan fingerprint density at radius 2 is 1.98 bits per heavy atom. The van der Waals surface area contributed by atoms with Gasteiger partial charge in [0.25, 0.3) is 5.91 Å². The van der Waals surface area contributed by atoms with Crippen LogP contribution >= 0.6 is 11.8 Å². The largest absolute Gasteiger partial charge is 0.455 e. The first-order valence-electron chi connectivity index (χ1n) is 14.0. The smallest absolute Gasteiger partial charge is 0.326 e. The summed E-state index contributed by atoms with van der Waals surface area (Å²) in [6, 6.07) is 8.80. The Bertz CT molecular complexity index is 1440. The molecule has 2 aromatic rings. The summed E-state index contributed by atoms with van der Waals surface area (Å²) in [6.45, 7) is 8.13. The molecule has 3 fully saturated rings. The van der Waals surface area contributed by atoms with E-state index < -0.39 is 0 Å². The summed E-state index contributed by atoms with van der Waals surface area (Å²) in [5.74, 6) is 0.857. The van der Waals surface area contributed by atoms with Crippen molar-refractivity contribution >= 4 is 35.3 Å². The van der Waals surface area contributed by atoms with Crippen molar-refractivity contribution in [1.82, 2.24) is 26.3 Å². The zero-order valence-corrected chi connectivity index (χ0v) is 23.9. The van der Waals surface area contributed by atoms with Crippen LogP contribution in [0.25, 0.3) is 0 Å². The van der Waals surface area contributed by atoms with Crippen LogP contribution in [0.5, 0.6) is 11.5 Å². The second-order valence-corrected chi connectivity index (χ2v) is 12.0. The highest BCUT2D eigenvalue weighted by Crippen LogP contribution is 2.48. The number of carbonyl (C=O) groups is 3. The molecular weight excluding hydrogens is 540 g/mol. The van der Waals surface area contributed by atoms with Gasteiger partial charge >= 0.3 is 6.03 Å². The van der Waals surface area contributed by atoms with E-state index in [2.05, 4.69) is 32.8 Å². The molecular formula is C30H34N6O4S. The second-order valence-electron chi connectivity index (χ2n) is 10.9. The molecule has 4 amide bonds. The molecule has 11 heteroatoms. The van der Waals surface area contributed by atoms with Crippen molar-refractivity contribution in [2.75, 3.05) is 11.4 Å². The van der Waals surface area contributed by atoms with Gasteiger partial charge in [-0.2, -0.15) is 0 Å². The van der Waals surface area contributed by atoms with Crippen LogP contribution in [0, 0.1) is 19.8 Å². The van der Waals surface area contributed by atoms with Crippen LogP contribution in [0.2, 0.25) is 0 Å². The number of ether oxygens (including phenoxy) is 1. The molecule has 1 aromatic carbocycles. The van der Waals surface area contributed by atoms with Gasteiger partial charge in [0, 0.05) is 35.6 Å². The summed E-state index contributed by atoms with van der Waals surface area (Å²) < 4.78 is 6.07. The van der Waals surface area contributed by atoms with E-state index in [4.69, 9.17) is 4.74 Å². The normalized spacial score (nSPS) is 26.7. The van der Waals surface area contributed by atoms with E-state index >= 15 is 0 Å². The molecule has 3 aliphatic heterocycles. The molecule has 6 rings (SSSR count). The molecule has 4 heterocycles. The average molecular weight is 575 g/mol. The van der Waals surface area contributed by atoms with Gasteiger partial charge in [0.05, 0.1) is 22.0 Å². The van der Waals surface area contributed by atoms with E-state index in [9.17, 15) is 14.4 Å². The number of hydrogen-bond donors (Lipinski definition) is 4. The standard InChI is InChI=1S/C30H34N6O4S/c1-4-24(37)33-19-7-5-8-20(19)34-28(38)27-26-25-22(12-14-32-29(25)41-27)36(30(39)35-26)21-11-10-18(15-16(21)2)40-23-9-6-13-31-17(23)3/h4,6,9-11,13,15,19-20,22,25,29,32H,1,5,7-8,12,14H2,2-3H3,(H,33,37)(H,34,38)(H,35,39)/t19-,20+,22?,25?,29?/m0/s1. The van der Waals surface area contributed by atoms with E-state index in [1.807, 2.05) is 49.1 Å². The zero-order chi connectivity index (χ0) is 28.7. The van der Waals surface area contributed by atoms with E-state index in [1.54, 1.807) is 6.20 Å². The summed E-state index contributed by atoms with van der Waals surface area (Å²) in [5, 5.41) is 12.7. The predicted octanol–water partition coefficient (Wildman–Crippen LogP) is 3.62. The molecule has 2 saturated heterocycles. The van der Waals surface area contributed by atoms with Crippen LogP contribution in [0.4, 0.5) is 10.5 Å². The van der Waals surface area contributed by atoms with E-state index in [0.29, 0.717) is 22.1 Å². The SMILES string of the molecule is C=CC(=O)N[C@H]1CCC[C@H]1NC(=O)C1=C2NC(=O)N(c3ccc(Oc4cccnc4C)cc3C)C3CCNC(S1)C23. The molecule has 10 nitrogen and oxygen atoms in total. The van der Waals surface area contributed by atoms with Crippen molar-refractivity contribution < 1.29 is 19.1 Å². The highest BCUT2D eigenvalue weighted by molar-refractivity contribution is 8.04. The molecule has 0 bridgehead atoms. The molecule has 1 aliphatic carbocycles. The summed E-state index contributed by atoms with van der Waals surface area (Å²) in [6.07, 6.45) is 6.24. The maximum Gasteiger partial charge on any atom is 0.326 e. The fourth-order valence-electron chi connectivity index (χ4n) is 6.35. The number of pyridine rings is 1. The fourth-order valence-corrected chi connectivity index (χ4v) is 7.75. The second kappa shape index (κ2) is 11.2. The number of anilines is 1. The van der Waals surface area contributed by atoms with Crippen LogP contribution in [-0.2, 0) is 9.59 Å². The molecule has 0 spiro atoms. The molecule has 5 atom stereocenters. The number of aryl methyl sites for hydroxylation is 2. The predicted molar refractivity (Wildman–Crippen MR) is 157 cm³/mol. The number of hydrogen-bond acceptors (Lipinski definition) is 7. The third-order valence-electron chi connectivity index (χ3n) is 8.31. The van der Waals surface area contributed by atoms with Gasteiger partial charge in [-0.1, -0.05) is 18.3 Å². The summed E-state index contributed by atoms with van der Waals surface area (Å²) >= 11 is 1.48. The highest BCUT2D eigenvalue weighted by Gasteiger charge is 2.52. The van der Waals surface area contributed by atoms with Crippen LogP contribution in [-0.4, -0.2) is 52.9 Å². The van der Waals surface area contributed by atoms with Crippen LogP contribution in [0.15, 0.2) is 59.8 Å². The van der Waals surface area contributed by atoms with Gasteiger partial charge in [-0.25, -0.2) is 4.79 Å². The zero-order valence-electron chi connectivity index (χ0n) is 23.1. The van der Waals surface area contributed by atoms with Crippen LogP contribution < -0.4 is 30.9 Å². The number of thioether (sulfide) groups is 1. The number of rotatable bonds is 7. The molecule has 41 heavy (non-hydrogen) atoms. The number of nitrogens with one attached hydrogen (secondary N) is 4. The Kier molecular flexibility index (Phi) is 7.48. The van der Waals surface area contributed by atoms with Gasteiger partial charge in [0.15, 0.2) is 0 Å². The number of piperidine rings is 1. The topological polar surface area (TPSA) is 125 Å². The average Bonchev–Trinajstić information content (AvgIpc) is 3.55. The lowest BCUT2D eigenvalue weighted by molar-refractivity contribution is -0.119. The minimum absolute atomic E-state index is 0.0242. The Balaban J connectivity index is 1.23. The Morgan fingerprint density at radius 3 is 2.73 bits per heavy atom. The molecule has 4 aliphatic rings. The van der Waals surface area contributed by atoms with Crippen molar-refractivity contribution in [3.63, 3.8) is 0 Å². The number of aromatic nitrogens is 1. The van der Waals surface area contributed by atoms with Gasteiger partial charge in [0.2, 0.25) is 5.91 Å². The molecule has 4 N–H and O–H groups in total. The Morgan fingerprint density at radius 1 is 1.17 bits per heavy atom. The maximum atomic E-state index is 13.7. The highest BCUT2D eigenvalue weighted by atomic mass is 32.2. The number of amides is 4. The van der Waals surface area contributed by atoms with Crippen molar-refractivity contribution in [3.8, 4) is 11.5 Å². The van der Waals surface area contributed by atoms with Crippen molar-refractivity contribution in [2.45, 2.75) is 63.0 Å². The lowest BCUT2D eigenvalue weighted by atomic mass is 9.86. The Hall–Kier alpha value is -3.83. The van der Waals surface area contributed by atoms with Gasteiger partial charge in [-0.05, 0) is 88.0 Å². The molecule has 0 radical (unpaired) electrons. The van der Waals surface area contributed by atoms with Gasteiger partial charge in [0.1, 0.15) is 11.5 Å². The summed E-state index contributed by atoms with van der Waals surface area (Å²) in [7, 11) is 0. The summed E-state index contributed by atoms with van der Waals surface area (Å²) in [5.41, 5.74) is 3.22. The molecule has 1 aromatic heterocycles. The molecule has 214 valence electrons. The number of benzene rings is 1. The quantitative estimate of drug-likeness (QED) is 0.373. The van der Waals surface area contributed by atoms with Crippen molar-refractivity contribution in [3.05, 3.63) is 71.0 Å². The van der Waals surface area contributed by atoms with E-state index in [-0.39, 0.29) is 47.3 Å². The maximum absolute atomic E-state index is 13.7. The first-order chi connectivity index (χ1) is 19.8. The van der Waals surface area contributed by atoms with Crippen molar-refractivity contribution in [2.24, 2.45) is 5.92 Å². The number of urea groups is 1. The van der Waals surface area contributed by atoms with E-state index in [0.717, 1.165) is 49.2 Å². The minimum atomic E-state index is -0.244. The van der Waals surface area contributed by atoms with Gasteiger partial charge in [-0.3, -0.25) is 19.5 Å². The van der Waals surface area contributed by atoms with Crippen molar-refractivity contribution in [1.29, 1.82) is 0 Å². The van der Waals surface area contributed by atoms with E-state index in [1.165, 1.54) is 17.8 Å². The monoisotopic (exact) mass is 574 g/mol. The van der Waals surface area contributed by atoms with Crippen LogP contribution in [0.1, 0.15) is 36.9 Å². The lowest BCUT2D eigenvalue weighted by Gasteiger charge is -2.46. The lowest BCUT2D eigenvalue weighted by Crippen LogP contribution is -2.62. The third-order valence-corrected chi connectivity index (χ3v) is 9.66. The third kappa shape index (κ3) is 5.19. The first-order valence-corrected chi connectivity index (χ1v) is 14.9. The first kappa shape index (κ1) is 27.3. The van der Waals surface area contributed by atoms with Gasteiger partial charge in [-0.15, -0.1) is 0 Å². The minimum Gasteiger partial charge on any atom is -0.455 e. The fraction of sp³-hybridized carbons (Fsp3) is 0.400. The summed E-state index contributed by atoms with van der Waals surface area (Å²) in [4.78, 5) is 45.7. The van der Waals surface area contributed by atoms with Crippen LogP contribution in [0.3, 0.4) is 0 Å². The Labute approximate surface area is 243 Å². The molecule has 3 unspecified atom stereocenters. The number of nitrogens with zero attached hydrogens (tertiary/aromatic N) is 2.